The van der Waals surface area contributed by atoms with Crippen LogP contribution in [0.3, 0.4) is 0 Å². The van der Waals surface area contributed by atoms with Crippen LogP contribution in [0, 0.1) is 0 Å². The van der Waals surface area contributed by atoms with E-state index in [1.165, 1.54) is 0 Å². The maximum absolute atomic E-state index is 5.68. The number of hydrogen-bond acceptors (Lipinski definition) is 7. The van der Waals surface area contributed by atoms with E-state index in [0.29, 0.717) is 11.9 Å². The summed E-state index contributed by atoms with van der Waals surface area (Å²) in [5.41, 5.74) is 9.57. The zero-order valence-corrected chi connectivity index (χ0v) is 12.7. The summed E-state index contributed by atoms with van der Waals surface area (Å²) < 4.78 is 4.84. The van der Waals surface area contributed by atoms with E-state index in [9.17, 15) is 0 Å². The van der Waals surface area contributed by atoms with Gasteiger partial charge in [0, 0.05) is 24.4 Å². The van der Waals surface area contributed by atoms with E-state index in [0.717, 1.165) is 54.8 Å². The number of fused-ring (bicyclic) bond motifs is 1. The van der Waals surface area contributed by atoms with Gasteiger partial charge in [-0.15, -0.1) is 0 Å². The van der Waals surface area contributed by atoms with Crippen molar-refractivity contribution in [2.45, 2.75) is 25.3 Å². The number of aromatic nitrogens is 4. The first-order chi connectivity index (χ1) is 11.3. The molecule has 0 aliphatic carbocycles. The highest BCUT2D eigenvalue weighted by molar-refractivity contribution is 5.76. The van der Waals surface area contributed by atoms with Crippen molar-refractivity contribution in [1.82, 2.24) is 25.2 Å². The Morgan fingerprint density at radius 1 is 1.17 bits per heavy atom. The summed E-state index contributed by atoms with van der Waals surface area (Å²) in [5.74, 6) is 0.816. The smallest absolute Gasteiger partial charge is 0.220 e. The van der Waals surface area contributed by atoms with Gasteiger partial charge in [-0.3, -0.25) is 4.90 Å². The molecule has 7 heteroatoms. The van der Waals surface area contributed by atoms with Gasteiger partial charge in [0.05, 0.1) is 0 Å². The lowest BCUT2D eigenvalue weighted by Crippen LogP contribution is -2.32. The van der Waals surface area contributed by atoms with Gasteiger partial charge in [-0.05, 0) is 53.9 Å². The van der Waals surface area contributed by atoms with Gasteiger partial charge >= 0.3 is 0 Å². The molecule has 4 rings (SSSR count). The summed E-state index contributed by atoms with van der Waals surface area (Å²) in [6, 6.07) is 7.97. The second-order valence-corrected chi connectivity index (χ2v) is 5.94. The maximum Gasteiger partial charge on any atom is 0.220 e. The number of hydrogen-bond donors (Lipinski definition) is 1. The van der Waals surface area contributed by atoms with E-state index in [4.69, 9.17) is 10.4 Å². The summed E-state index contributed by atoms with van der Waals surface area (Å²) in [6.45, 7) is 2.91. The molecule has 0 saturated carbocycles. The van der Waals surface area contributed by atoms with Crippen LogP contribution >= 0.6 is 0 Å². The molecule has 23 heavy (non-hydrogen) atoms. The normalized spacial score (nSPS) is 16.9. The lowest BCUT2D eigenvalue weighted by atomic mass is 9.93. The van der Waals surface area contributed by atoms with Crippen molar-refractivity contribution in [2.24, 2.45) is 0 Å². The molecular weight excluding hydrogens is 292 g/mol. The number of anilines is 1. The van der Waals surface area contributed by atoms with Crippen LogP contribution in [0.25, 0.3) is 11.0 Å². The van der Waals surface area contributed by atoms with Crippen molar-refractivity contribution in [2.75, 3.05) is 18.8 Å². The summed E-state index contributed by atoms with van der Waals surface area (Å²) >= 11 is 0. The van der Waals surface area contributed by atoms with Crippen LogP contribution in [0.1, 0.15) is 30.0 Å². The molecule has 0 spiro atoms. The molecule has 0 unspecified atom stereocenters. The fraction of sp³-hybridized carbons (Fsp3) is 0.375. The lowest BCUT2D eigenvalue weighted by molar-refractivity contribution is 0.203. The Morgan fingerprint density at radius 2 is 2.04 bits per heavy atom. The highest BCUT2D eigenvalue weighted by Gasteiger charge is 2.22. The van der Waals surface area contributed by atoms with Gasteiger partial charge in [-0.2, -0.15) is 0 Å². The van der Waals surface area contributed by atoms with Gasteiger partial charge < -0.3 is 5.73 Å². The monoisotopic (exact) mass is 310 g/mol. The first kappa shape index (κ1) is 14.1. The van der Waals surface area contributed by atoms with Crippen LogP contribution in [0.4, 0.5) is 5.95 Å². The average Bonchev–Trinajstić information content (AvgIpc) is 3.05. The molecular formula is C16H18N6O. The Kier molecular flexibility index (Phi) is 3.63. The minimum absolute atomic E-state index is 0.357. The summed E-state index contributed by atoms with van der Waals surface area (Å²) in [4.78, 5) is 10.8. The predicted molar refractivity (Wildman–Crippen MR) is 85.5 cm³/mol. The molecule has 3 aromatic rings. The number of nitrogen functional groups attached to an aromatic ring is 1. The molecule has 2 N–H and O–H groups in total. The predicted octanol–water partition coefficient (Wildman–Crippen LogP) is 1.97. The van der Waals surface area contributed by atoms with E-state index < -0.39 is 0 Å². The molecule has 0 bridgehead atoms. The molecule has 118 valence electrons. The van der Waals surface area contributed by atoms with Crippen LogP contribution < -0.4 is 5.73 Å². The van der Waals surface area contributed by atoms with Gasteiger partial charge in [0.2, 0.25) is 5.95 Å². The summed E-state index contributed by atoms with van der Waals surface area (Å²) in [6.07, 6.45) is 3.88. The summed E-state index contributed by atoms with van der Waals surface area (Å²) in [7, 11) is 0. The molecule has 7 nitrogen and oxygen atoms in total. The highest BCUT2D eigenvalue weighted by Crippen LogP contribution is 2.28. The maximum atomic E-state index is 5.68. The molecule has 2 aromatic heterocycles. The third-order valence-electron chi connectivity index (χ3n) is 4.47. The van der Waals surface area contributed by atoms with Crippen molar-refractivity contribution in [3.63, 3.8) is 0 Å². The van der Waals surface area contributed by atoms with Crippen LogP contribution in [0.2, 0.25) is 0 Å². The zero-order chi connectivity index (χ0) is 15.6. The first-order valence-electron chi connectivity index (χ1n) is 7.80. The molecule has 1 aliphatic heterocycles. The zero-order valence-electron chi connectivity index (χ0n) is 12.7. The molecule has 1 aromatic carbocycles. The minimum Gasteiger partial charge on any atom is -0.368 e. The standard InChI is InChI=1S/C16H18N6O/c17-16-18-7-4-13(19-16)11-5-8-22(9-6-11)10-12-2-1-3-14-15(12)21-23-20-14/h1-4,7,11H,5-6,8-10H2,(H2,17,18,19). The van der Waals surface area contributed by atoms with Crippen molar-refractivity contribution < 1.29 is 4.63 Å². The third kappa shape index (κ3) is 2.87. The average molecular weight is 310 g/mol. The van der Waals surface area contributed by atoms with Crippen molar-refractivity contribution in [3.05, 3.63) is 41.7 Å². The number of benzene rings is 1. The van der Waals surface area contributed by atoms with Crippen LogP contribution in [0.15, 0.2) is 35.1 Å². The van der Waals surface area contributed by atoms with Gasteiger partial charge in [0.1, 0.15) is 11.0 Å². The van der Waals surface area contributed by atoms with E-state index in [1.807, 2.05) is 18.2 Å². The van der Waals surface area contributed by atoms with Crippen molar-refractivity contribution in [1.29, 1.82) is 0 Å². The second-order valence-electron chi connectivity index (χ2n) is 5.94. The second kappa shape index (κ2) is 5.92. The van der Waals surface area contributed by atoms with Gasteiger partial charge in [-0.25, -0.2) is 14.6 Å². The van der Waals surface area contributed by atoms with Crippen LogP contribution in [-0.4, -0.2) is 38.3 Å². The number of rotatable bonds is 3. The number of nitrogens with zero attached hydrogens (tertiary/aromatic N) is 5. The first-order valence-corrected chi connectivity index (χ1v) is 7.80. The van der Waals surface area contributed by atoms with E-state index in [-0.39, 0.29) is 0 Å². The Balaban J connectivity index is 1.43. The Hall–Kier alpha value is -2.54. The molecule has 1 aliphatic rings. The molecule has 0 atom stereocenters. The van der Waals surface area contributed by atoms with Gasteiger partial charge in [0.25, 0.3) is 0 Å². The lowest BCUT2D eigenvalue weighted by Gasteiger charge is -2.31. The third-order valence-corrected chi connectivity index (χ3v) is 4.47. The van der Waals surface area contributed by atoms with E-state index in [2.05, 4.69) is 31.2 Å². The molecule has 1 fully saturated rings. The Labute approximate surface area is 133 Å². The molecule has 1 saturated heterocycles. The number of nitrogens with two attached hydrogens (primary N) is 1. The Morgan fingerprint density at radius 3 is 2.87 bits per heavy atom. The topological polar surface area (TPSA) is 94.0 Å². The molecule has 0 radical (unpaired) electrons. The van der Waals surface area contributed by atoms with Crippen LogP contribution in [0.5, 0.6) is 0 Å². The molecule has 0 amide bonds. The number of piperidine rings is 1. The van der Waals surface area contributed by atoms with Crippen molar-refractivity contribution >= 4 is 17.0 Å². The fourth-order valence-corrected chi connectivity index (χ4v) is 3.23. The van der Waals surface area contributed by atoms with Crippen molar-refractivity contribution in [3.8, 4) is 0 Å². The quantitative estimate of drug-likeness (QED) is 0.790. The number of likely N-dealkylation sites (tertiary alicyclic amines) is 1. The van der Waals surface area contributed by atoms with Gasteiger partial charge in [0.15, 0.2) is 0 Å². The molecule has 3 heterocycles. The minimum atomic E-state index is 0.357. The largest absolute Gasteiger partial charge is 0.368 e. The fourth-order valence-electron chi connectivity index (χ4n) is 3.23. The van der Waals surface area contributed by atoms with E-state index in [1.54, 1.807) is 6.20 Å². The SMILES string of the molecule is Nc1nccc(C2CCN(Cc3cccc4nonc34)CC2)n1. The van der Waals surface area contributed by atoms with Gasteiger partial charge in [-0.1, -0.05) is 12.1 Å². The van der Waals surface area contributed by atoms with Crippen LogP contribution in [-0.2, 0) is 6.54 Å². The highest BCUT2D eigenvalue weighted by atomic mass is 16.6. The Bertz CT molecular complexity index is 809. The summed E-state index contributed by atoms with van der Waals surface area (Å²) in [5, 5.41) is 7.91. The van der Waals surface area contributed by atoms with E-state index >= 15 is 0 Å².